The van der Waals surface area contributed by atoms with E-state index in [1.54, 1.807) is 6.92 Å². The molecule has 0 radical (unpaired) electrons. The van der Waals surface area contributed by atoms with Gasteiger partial charge < -0.3 is 19.7 Å². The Balaban J connectivity index is 2.67. The molecule has 7 heteroatoms. The number of carbonyl (C=O) groups excluding carboxylic acids is 2. The summed E-state index contributed by atoms with van der Waals surface area (Å²) >= 11 is 0. The summed E-state index contributed by atoms with van der Waals surface area (Å²) in [6.07, 6.45) is -0.825. The van der Waals surface area contributed by atoms with Gasteiger partial charge in [0, 0.05) is 6.42 Å². The predicted molar refractivity (Wildman–Crippen MR) is 70.9 cm³/mol. The molecule has 21 heavy (non-hydrogen) atoms. The van der Waals surface area contributed by atoms with Crippen molar-refractivity contribution in [3.63, 3.8) is 0 Å². The predicted octanol–water partition coefficient (Wildman–Crippen LogP) is 0.856. The number of aliphatic hydroxyl groups is 1. The molecule has 0 spiro atoms. The molecule has 1 rings (SSSR count). The van der Waals surface area contributed by atoms with E-state index >= 15 is 0 Å². The van der Waals surface area contributed by atoms with Crippen LogP contribution in [-0.2, 0) is 14.3 Å². The molecule has 114 valence electrons. The number of carbonyl (C=O) groups is 3. The average Bonchev–Trinajstić information content (AvgIpc) is 2.50. The topological polar surface area (TPSA) is 110 Å². The van der Waals surface area contributed by atoms with Crippen LogP contribution >= 0.6 is 0 Å². The fourth-order valence-electron chi connectivity index (χ4n) is 1.41. The van der Waals surface area contributed by atoms with Crippen LogP contribution < -0.4 is 0 Å². The number of aromatic carboxylic acids is 1. The smallest absolute Gasteiger partial charge is 0.338 e. The molecule has 7 nitrogen and oxygen atoms in total. The van der Waals surface area contributed by atoms with Gasteiger partial charge in [-0.3, -0.25) is 4.79 Å². The lowest BCUT2D eigenvalue weighted by Crippen LogP contribution is -2.28. The molecule has 0 saturated carbocycles. The summed E-state index contributed by atoms with van der Waals surface area (Å²) in [6, 6.07) is 5.30. The van der Waals surface area contributed by atoms with Gasteiger partial charge in [-0.2, -0.15) is 0 Å². The van der Waals surface area contributed by atoms with Gasteiger partial charge in [0.05, 0.1) is 17.7 Å². The van der Waals surface area contributed by atoms with Gasteiger partial charge in [-0.15, -0.1) is 0 Å². The van der Waals surface area contributed by atoms with E-state index < -0.39 is 30.6 Å². The van der Waals surface area contributed by atoms with Gasteiger partial charge in [0.1, 0.15) is 6.61 Å². The molecule has 0 aliphatic heterocycles. The zero-order valence-corrected chi connectivity index (χ0v) is 11.4. The van der Waals surface area contributed by atoms with Crippen LogP contribution in [0.5, 0.6) is 0 Å². The lowest BCUT2D eigenvalue weighted by atomic mass is 10.1. The Labute approximate surface area is 121 Å². The second-order valence-electron chi connectivity index (χ2n) is 4.13. The van der Waals surface area contributed by atoms with Crippen molar-refractivity contribution in [2.24, 2.45) is 0 Å². The van der Waals surface area contributed by atoms with Gasteiger partial charge in [-0.25, -0.2) is 9.59 Å². The number of hydrogen-bond acceptors (Lipinski definition) is 6. The second kappa shape index (κ2) is 8.01. The van der Waals surface area contributed by atoms with E-state index in [9.17, 15) is 14.4 Å². The van der Waals surface area contributed by atoms with Gasteiger partial charge in [-0.05, 0) is 18.2 Å². The van der Waals surface area contributed by atoms with Gasteiger partial charge in [-0.1, -0.05) is 13.0 Å². The molecule has 1 unspecified atom stereocenters. The van der Waals surface area contributed by atoms with Crippen molar-refractivity contribution >= 4 is 17.9 Å². The Hall–Kier alpha value is -2.41. The molecule has 0 aliphatic carbocycles. The molecule has 1 aromatic carbocycles. The number of carboxylic acid groups (broad SMARTS) is 1. The molecule has 0 aromatic heterocycles. The fraction of sp³-hybridized carbons (Fsp3) is 0.357. The van der Waals surface area contributed by atoms with Crippen LogP contribution in [0.4, 0.5) is 0 Å². The summed E-state index contributed by atoms with van der Waals surface area (Å²) < 4.78 is 9.73. The summed E-state index contributed by atoms with van der Waals surface area (Å²) in [6.45, 7) is 0.842. The van der Waals surface area contributed by atoms with E-state index in [4.69, 9.17) is 19.7 Å². The molecule has 0 fully saturated rings. The van der Waals surface area contributed by atoms with Crippen LogP contribution in [0.1, 0.15) is 34.1 Å². The van der Waals surface area contributed by atoms with E-state index in [0.717, 1.165) is 6.07 Å². The van der Waals surface area contributed by atoms with Crippen LogP contribution in [0.25, 0.3) is 0 Å². The number of rotatable bonds is 7. The SMILES string of the molecule is CCC(=O)OCC(CO)OC(=O)c1cccc(C(=O)O)c1. The minimum Gasteiger partial charge on any atom is -0.478 e. The summed E-state index contributed by atoms with van der Waals surface area (Å²) in [5.74, 6) is -2.44. The molecular weight excluding hydrogens is 280 g/mol. The van der Waals surface area contributed by atoms with E-state index in [1.807, 2.05) is 0 Å². The van der Waals surface area contributed by atoms with E-state index in [1.165, 1.54) is 18.2 Å². The maximum Gasteiger partial charge on any atom is 0.338 e. The standard InChI is InChI=1S/C14H16O7/c1-2-12(16)20-8-11(7-15)21-14(19)10-5-3-4-9(6-10)13(17)18/h3-6,11,15H,2,7-8H2,1H3,(H,17,18). The highest BCUT2D eigenvalue weighted by molar-refractivity contribution is 5.94. The number of esters is 2. The Bertz CT molecular complexity index is 524. The third-order valence-electron chi connectivity index (χ3n) is 2.54. The minimum absolute atomic E-state index is 0.0372. The number of aliphatic hydroxyl groups excluding tert-OH is 1. The highest BCUT2D eigenvalue weighted by Crippen LogP contribution is 2.09. The van der Waals surface area contributed by atoms with Crippen LogP contribution in [0.15, 0.2) is 24.3 Å². The zero-order chi connectivity index (χ0) is 15.8. The first-order valence-corrected chi connectivity index (χ1v) is 6.28. The highest BCUT2D eigenvalue weighted by Gasteiger charge is 2.18. The maximum absolute atomic E-state index is 11.8. The van der Waals surface area contributed by atoms with Gasteiger partial charge in [0.25, 0.3) is 0 Å². The number of carboxylic acids is 1. The van der Waals surface area contributed by atoms with Crippen molar-refractivity contribution < 1.29 is 34.1 Å². The molecular formula is C14H16O7. The van der Waals surface area contributed by atoms with E-state index in [0.29, 0.717) is 0 Å². The first-order chi connectivity index (χ1) is 9.97. The average molecular weight is 296 g/mol. The molecule has 1 atom stereocenters. The Morgan fingerprint density at radius 2 is 1.90 bits per heavy atom. The zero-order valence-electron chi connectivity index (χ0n) is 11.4. The third-order valence-corrected chi connectivity index (χ3v) is 2.54. The second-order valence-corrected chi connectivity index (χ2v) is 4.13. The largest absolute Gasteiger partial charge is 0.478 e. The van der Waals surface area contributed by atoms with Crippen molar-refractivity contribution in [1.82, 2.24) is 0 Å². The summed E-state index contributed by atoms with van der Waals surface area (Å²) in [4.78, 5) is 33.6. The molecule has 1 aromatic rings. The van der Waals surface area contributed by atoms with Crippen molar-refractivity contribution in [3.05, 3.63) is 35.4 Å². The molecule has 0 bridgehead atoms. The van der Waals surface area contributed by atoms with Crippen molar-refractivity contribution in [1.29, 1.82) is 0 Å². The van der Waals surface area contributed by atoms with Gasteiger partial charge >= 0.3 is 17.9 Å². The molecule has 0 saturated heterocycles. The third kappa shape index (κ3) is 5.23. The molecule has 0 aliphatic rings. The Kier molecular flexibility index (Phi) is 6.35. The van der Waals surface area contributed by atoms with Crippen molar-refractivity contribution in [2.45, 2.75) is 19.4 Å². The van der Waals surface area contributed by atoms with Gasteiger partial charge in [0.2, 0.25) is 0 Å². The molecule has 2 N–H and O–H groups in total. The van der Waals surface area contributed by atoms with Crippen LogP contribution in [-0.4, -0.2) is 47.4 Å². The first-order valence-electron chi connectivity index (χ1n) is 6.28. The number of benzene rings is 1. The Morgan fingerprint density at radius 1 is 1.24 bits per heavy atom. The summed E-state index contributed by atoms with van der Waals surface area (Å²) in [5, 5.41) is 17.9. The van der Waals surface area contributed by atoms with Crippen molar-refractivity contribution in [2.75, 3.05) is 13.2 Å². The van der Waals surface area contributed by atoms with Gasteiger partial charge in [0.15, 0.2) is 6.10 Å². The molecule has 0 heterocycles. The van der Waals surface area contributed by atoms with E-state index in [-0.39, 0.29) is 24.2 Å². The van der Waals surface area contributed by atoms with Crippen LogP contribution in [0.2, 0.25) is 0 Å². The number of ether oxygens (including phenoxy) is 2. The first kappa shape index (κ1) is 16.6. The fourth-order valence-corrected chi connectivity index (χ4v) is 1.41. The minimum atomic E-state index is -1.17. The normalized spacial score (nSPS) is 11.5. The number of hydrogen-bond donors (Lipinski definition) is 2. The Morgan fingerprint density at radius 3 is 2.48 bits per heavy atom. The van der Waals surface area contributed by atoms with Crippen LogP contribution in [0, 0.1) is 0 Å². The summed E-state index contributed by atoms with van der Waals surface area (Å²) in [5.41, 5.74) is -0.0161. The summed E-state index contributed by atoms with van der Waals surface area (Å²) in [7, 11) is 0. The monoisotopic (exact) mass is 296 g/mol. The highest BCUT2D eigenvalue weighted by atomic mass is 16.6. The lowest BCUT2D eigenvalue weighted by molar-refractivity contribution is -0.147. The van der Waals surface area contributed by atoms with E-state index in [2.05, 4.69) is 0 Å². The molecule has 0 amide bonds. The maximum atomic E-state index is 11.8. The quantitative estimate of drug-likeness (QED) is 0.718. The van der Waals surface area contributed by atoms with Crippen molar-refractivity contribution in [3.8, 4) is 0 Å². The lowest BCUT2D eigenvalue weighted by Gasteiger charge is -2.15. The van der Waals surface area contributed by atoms with Crippen LogP contribution in [0.3, 0.4) is 0 Å².